The molecular formula is C16H19F2N. The summed E-state index contributed by atoms with van der Waals surface area (Å²) in [6, 6.07) is 5.98. The fourth-order valence-corrected chi connectivity index (χ4v) is 2.46. The molecule has 1 aromatic carbocycles. The molecule has 1 saturated heterocycles. The first kappa shape index (κ1) is 13.8. The number of benzene rings is 1. The second kappa shape index (κ2) is 5.16. The van der Waals surface area contributed by atoms with Crippen LogP contribution in [0, 0.1) is 6.92 Å². The van der Waals surface area contributed by atoms with Gasteiger partial charge in [0.25, 0.3) is 5.92 Å². The van der Waals surface area contributed by atoms with Gasteiger partial charge in [0, 0.05) is 18.7 Å². The number of halogens is 2. The maximum absolute atomic E-state index is 13.2. The van der Waals surface area contributed by atoms with Crippen LogP contribution >= 0.6 is 0 Å². The number of nitrogens with zero attached hydrogens (tertiary/aromatic N) is 1. The Morgan fingerprint density at radius 2 is 2.16 bits per heavy atom. The molecular weight excluding hydrogens is 244 g/mol. The lowest BCUT2D eigenvalue weighted by atomic mass is 10.0. The SMILES string of the molecule is C=Cc1c(C)cccc1/C=C(\C)N1CCC(F)(F)C1. The van der Waals surface area contributed by atoms with E-state index in [0.29, 0.717) is 6.54 Å². The van der Waals surface area contributed by atoms with Crippen LogP contribution in [0.4, 0.5) is 8.78 Å². The van der Waals surface area contributed by atoms with Crippen LogP contribution in [-0.2, 0) is 0 Å². The molecule has 1 heterocycles. The van der Waals surface area contributed by atoms with Crippen molar-refractivity contribution in [2.24, 2.45) is 0 Å². The van der Waals surface area contributed by atoms with Crippen molar-refractivity contribution in [2.45, 2.75) is 26.2 Å². The van der Waals surface area contributed by atoms with Gasteiger partial charge in [0.05, 0.1) is 6.54 Å². The zero-order valence-corrected chi connectivity index (χ0v) is 11.4. The van der Waals surface area contributed by atoms with Crippen molar-refractivity contribution in [3.63, 3.8) is 0 Å². The number of allylic oxidation sites excluding steroid dienone is 1. The monoisotopic (exact) mass is 263 g/mol. The van der Waals surface area contributed by atoms with Gasteiger partial charge in [-0.25, -0.2) is 8.78 Å². The second-order valence-electron chi connectivity index (χ2n) is 5.10. The van der Waals surface area contributed by atoms with E-state index in [1.165, 1.54) is 0 Å². The Labute approximate surface area is 113 Å². The van der Waals surface area contributed by atoms with E-state index in [4.69, 9.17) is 0 Å². The summed E-state index contributed by atoms with van der Waals surface area (Å²) in [5.74, 6) is -2.55. The van der Waals surface area contributed by atoms with Gasteiger partial charge in [0.15, 0.2) is 0 Å². The number of likely N-dealkylation sites (tertiary alicyclic amines) is 1. The molecule has 0 aromatic heterocycles. The highest BCUT2D eigenvalue weighted by atomic mass is 19.3. The predicted molar refractivity (Wildman–Crippen MR) is 76.1 cm³/mol. The second-order valence-corrected chi connectivity index (χ2v) is 5.10. The summed E-state index contributed by atoms with van der Waals surface area (Å²) in [6.07, 6.45) is 3.72. The Bertz CT molecular complexity index is 517. The lowest BCUT2D eigenvalue weighted by Gasteiger charge is -2.19. The van der Waals surface area contributed by atoms with Crippen molar-refractivity contribution in [1.29, 1.82) is 0 Å². The third-order valence-corrected chi connectivity index (χ3v) is 3.59. The van der Waals surface area contributed by atoms with Crippen molar-refractivity contribution in [2.75, 3.05) is 13.1 Å². The van der Waals surface area contributed by atoms with E-state index in [0.717, 1.165) is 22.4 Å². The molecule has 0 radical (unpaired) electrons. The Morgan fingerprint density at radius 1 is 1.42 bits per heavy atom. The highest BCUT2D eigenvalue weighted by Crippen LogP contribution is 2.30. The third kappa shape index (κ3) is 3.03. The van der Waals surface area contributed by atoms with Crippen molar-refractivity contribution >= 4 is 12.2 Å². The first-order valence-electron chi connectivity index (χ1n) is 6.46. The van der Waals surface area contributed by atoms with Crippen LogP contribution in [0.1, 0.15) is 30.0 Å². The van der Waals surface area contributed by atoms with E-state index < -0.39 is 5.92 Å². The van der Waals surface area contributed by atoms with E-state index in [1.54, 1.807) is 4.90 Å². The summed E-state index contributed by atoms with van der Waals surface area (Å²) in [5, 5.41) is 0. The fraction of sp³-hybridized carbons (Fsp3) is 0.375. The largest absolute Gasteiger partial charge is 0.369 e. The summed E-state index contributed by atoms with van der Waals surface area (Å²) in [6.45, 7) is 7.97. The molecule has 0 aliphatic carbocycles. The molecule has 0 N–H and O–H groups in total. The lowest BCUT2D eigenvalue weighted by Crippen LogP contribution is -2.23. The molecule has 1 aliphatic rings. The average molecular weight is 263 g/mol. The van der Waals surface area contributed by atoms with E-state index in [2.05, 4.69) is 6.58 Å². The number of alkyl halides is 2. The number of hydrogen-bond donors (Lipinski definition) is 0. The van der Waals surface area contributed by atoms with Crippen LogP contribution < -0.4 is 0 Å². The van der Waals surface area contributed by atoms with E-state index in [-0.39, 0.29) is 13.0 Å². The topological polar surface area (TPSA) is 3.24 Å². The molecule has 0 spiro atoms. The predicted octanol–water partition coefficient (Wildman–Crippen LogP) is 4.34. The van der Waals surface area contributed by atoms with Crippen molar-refractivity contribution in [3.05, 3.63) is 47.2 Å². The van der Waals surface area contributed by atoms with Gasteiger partial charge in [-0.2, -0.15) is 0 Å². The van der Waals surface area contributed by atoms with Gasteiger partial charge >= 0.3 is 0 Å². The number of rotatable bonds is 3. The number of hydrogen-bond acceptors (Lipinski definition) is 1. The molecule has 2 rings (SSSR count). The van der Waals surface area contributed by atoms with Crippen LogP contribution in [0.3, 0.4) is 0 Å². The Balaban J connectivity index is 2.27. The Hall–Kier alpha value is -1.64. The molecule has 0 bridgehead atoms. The molecule has 3 heteroatoms. The molecule has 1 fully saturated rings. The normalized spacial score (nSPS) is 18.7. The Kier molecular flexibility index (Phi) is 3.74. The van der Waals surface area contributed by atoms with E-state index >= 15 is 0 Å². The molecule has 1 aliphatic heterocycles. The van der Waals surface area contributed by atoms with E-state index in [1.807, 2.05) is 44.2 Å². The van der Waals surface area contributed by atoms with Gasteiger partial charge in [-0.3, -0.25) is 0 Å². The molecule has 0 saturated carbocycles. The first-order valence-corrected chi connectivity index (χ1v) is 6.46. The van der Waals surface area contributed by atoms with Gasteiger partial charge in [-0.05, 0) is 36.6 Å². The quantitative estimate of drug-likeness (QED) is 0.784. The zero-order valence-electron chi connectivity index (χ0n) is 11.4. The molecule has 1 nitrogen and oxygen atoms in total. The van der Waals surface area contributed by atoms with Gasteiger partial charge in [-0.15, -0.1) is 0 Å². The smallest absolute Gasteiger partial charge is 0.266 e. The third-order valence-electron chi connectivity index (χ3n) is 3.59. The summed E-state index contributed by atoms with van der Waals surface area (Å²) in [5.41, 5.74) is 4.12. The molecule has 1 aromatic rings. The van der Waals surface area contributed by atoms with Gasteiger partial charge in [-0.1, -0.05) is 30.9 Å². The molecule has 0 amide bonds. The highest BCUT2D eigenvalue weighted by Gasteiger charge is 2.38. The minimum absolute atomic E-state index is 0.0552. The molecule has 102 valence electrons. The lowest BCUT2D eigenvalue weighted by molar-refractivity contribution is 0.0152. The minimum atomic E-state index is -2.55. The van der Waals surface area contributed by atoms with E-state index in [9.17, 15) is 8.78 Å². The maximum Gasteiger partial charge on any atom is 0.266 e. The summed E-state index contributed by atoms with van der Waals surface area (Å²) < 4.78 is 26.4. The maximum atomic E-state index is 13.2. The van der Waals surface area contributed by atoms with Crippen molar-refractivity contribution in [1.82, 2.24) is 4.90 Å². The van der Waals surface area contributed by atoms with Crippen LogP contribution in [0.5, 0.6) is 0 Å². The van der Waals surface area contributed by atoms with Crippen LogP contribution in [0.15, 0.2) is 30.5 Å². The van der Waals surface area contributed by atoms with Crippen molar-refractivity contribution in [3.8, 4) is 0 Å². The van der Waals surface area contributed by atoms with Crippen LogP contribution in [0.25, 0.3) is 12.2 Å². The van der Waals surface area contributed by atoms with Gasteiger partial charge in [0.2, 0.25) is 0 Å². The van der Waals surface area contributed by atoms with Crippen LogP contribution in [-0.4, -0.2) is 23.9 Å². The van der Waals surface area contributed by atoms with Crippen LogP contribution in [0.2, 0.25) is 0 Å². The van der Waals surface area contributed by atoms with Crippen molar-refractivity contribution < 1.29 is 8.78 Å². The zero-order chi connectivity index (χ0) is 14.0. The first-order chi connectivity index (χ1) is 8.93. The summed E-state index contributed by atoms with van der Waals surface area (Å²) >= 11 is 0. The van der Waals surface area contributed by atoms with Gasteiger partial charge in [0.1, 0.15) is 0 Å². The standard InChI is InChI=1S/C16H19F2N/c1-4-15-12(2)6-5-7-14(15)10-13(3)19-9-8-16(17,18)11-19/h4-7,10H,1,8-9,11H2,2-3H3/b13-10+. The summed E-state index contributed by atoms with van der Waals surface area (Å²) in [4.78, 5) is 1.75. The molecule has 0 atom stereocenters. The highest BCUT2D eigenvalue weighted by molar-refractivity contribution is 5.67. The Morgan fingerprint density at radius 3 is 2.74 bits per heavy atom. The molecule has 0 unspecified atom stereocenters. The fourth-order valence-electron chi connectivity index (χ4n) is 2.46. The average Bonchev–Trinajstić information content (AvgIpc) is 2.70. The minimum Gasteiger partial charge on any atom is -0.369 e. The number of aryl methyl sites for hydroxylation is 1. The molecule has 19 heavy (non-hydrogen) atoms. The summed E-state index contributed by atoms with van der Waals surface area (Å²) in [7, 11) is 0. The van der Waals surface area contributed by atoms with Gasteiger partial charge < -0.3 is 4.90 Å².